The molecule has 21 heavy (non-hydrogen) atoms. The average molecular weight is 340 g/mol. The summed E-state index contributed by atoms with van der Waals surface area (Å²) in [6.45, 7) is 2.12. The summed E-state index contributed by atoms with van der Waals surface area (Å²) in [5.74, 6) is 0.837. The molecule has 0 bridgehead atoms. The van der Waals surface area contributed by atoms with Gasteiger partial charge in [-0.3, -0.25) is 4.79 Å². The summed E-state index contributed by atoms with van der Waals surface area (Å²) in [5.41, 5.74) is 1.30. The molecule has 0 aliphatic heterocycles. The van der Waals surface area contributed by atoms with Crippen LogP contribution in [0.1, 0.15) is 23.7 Å². The van der Waals surface area contributed by atoms with E-state index >= 15 is 0 Å². The van der Waals surface area contributed by atoms with Gasteiger partial charge in [-0.25, -0.2) is 0 Å². The maximum atomic E-state index is 12.4. The zero-order chi connectivity index (χ0) is 15.2. The first-order valence-corrected chi connectivity index (χ1v) is 8.34. The van der Waals surface area contributed by atoms with Crippen molar-refractivity contribution in [2.24, 2.45) is 0 Å². The molecule has 0 aliphatic carbocycles. The van der Waals surface area contributed by atoms with Gasteiger partial charge in [0.05, 0.1) is 15.6 Å². The number of carbonyl (C=O) groups excluding carboxylic acids is 1. The SMILES string of the molecule is CCCSc1ccccc1C(=O)Nc1ccc(Cl)c(Cl)c1. The van der Waals surface area contributed by atoms with Crippen molar-refractivity contribution in [2.45, 2.75) is 18.2 Å². The molecule has 2 aromatic rings. The maximum Gasteiger partial charge on any atom is 0.256 e. The molecule has 0 aromatic heterocycles. The number of thioether (sulfide) groups is 1. The number of hydrogen-bond acceptors (Lipinski definition) is 2. The highest BCUT2D eigenvalue weighted by Crippen LogP contribution is 2.27. The third kappa shape index (κ3) is 4.40. The Morgan fingerprint density at radius 2 is 1.90 bits per heavy atom. The molecule has 0 saturated heterocycles. The van der Waals surface area contributed by atoms with Crippen molar-refractivity contribution in [3.05, 3.63) is 58.1 Å². The third-order valence-electron chi connectivity index (χ3n) is 2.77. The van der Waals surface area contributed by atoms with Gasteiger partial charge < -0.3 is 5.32 Å². The summed E-state index contributed by atoms with van der Waals surface area (Å²) < 4.78 is 0. The summed E-state index contributed by atoms with van der Waals surface area (Å²) in [4.78, 5) is 13.4. The van der Waals surface area contributed by atoms with Crippen LogP contribution < -0.4 is 5.32 Å². The normalized spacial score (nSPS) is 10.4. The van der Waals surface area contributed by atoms with Gasteiger partial charge in [0.25, 0.3) is 5.91 Å². The van der Waals surface area contributed by atoms with Crippen LogP contribution in [0.25, 0.3) is 0 Å². The number of hydrogen-bond donors (Lipinski definition) is 1. The number of benzene rings is 2. The second-order valence-corrected chi connectivity index (χ2v) is 6.38. The van der Waals surface area contributed by atoms with Gasteiger partial charge in [-0.05, 0) is 42.5 Å². The van der Waals surface area contributed by atoms with Crippen LogP contribution >= 0.6 is 35.0 Å². The van der Waals surface area contributed by atoms with Crippen LogP contribution in [0.15, 0.2) is 47.4 Å². The van der Waals surface area contributed by atoms with E-state index in [0.717, 1.165) is 17.1 Å². The van der Waals surface area contributed by atoms with Gasteiger partial charge in [0.1, 0.15) is 0 Å². The van der Waals surface area contributed by atoms with Crippen molar-refractivity contribution < 1.29 is 4.79 Å². The zero-order valence-electron chi connectivity index (χ0n) is 11.5. The number of carbonyl (C=O) groups is 1. The molecule has 0 radical (unpaired) electrons. The van der Waals surface area contributed by atoms with Crippen molar-refractivity contribution in [2.75, 3.05) is 11.1 Å². The highest BCUT2D eigenvalue weighted by atomic mass is 35.5. The minimum atomic E-state index is -0.146. The van der Waals surface area contributed by atoms with E-state index < -0.39 is 0 Å². The van der Waals surface area contributed by atoms with Crippen LogP contribution in [0.5, 0.6) is 0 Å². The number of rotatable bonds is 5. The van der Waals surface area contributed by atoms with Crippen molar-refractivity contribution in [1.29, 1.82) is 0 Å². The first kappa shape index (κ1) is 16.2. The van der Waals surface area contributed by atoms with Crippen LogP contribution in [0.3, 0.4) is 0 Å². The second kappa shape index (κ2) is 7.74. The smallest absolute Gasteiger partial charge is 0.256 e. The van der Waals surface area contributed by atoms with E-state index in [0.29, 0.717) is 21.3 Å². The summed E-state index contributed by atoms with van der Waals surface area (Å²) >= 11 is 13.5. The van der Waals surface area contributed by atoms with Crippen molar-refractivity contribution in [3.63, 3.8) is 0 Å². The van der Waals surface area contributed by atoms with E-state index in [4.69, 9.17) is 23.2 Å². The molecule has 1 amide bonds. The largest absolute Gasteiger partial charge is 0.322 e. The van der Waals surface area contributed by atoms with E-state index in [9.17, 15) is 4.79 Å². The summed E-state index contributed by atoms with van der Waals surface area (Å²) in [7, 11) is 0. The predicted molar refractivity (Wildman–Crippen MR) is 91.9 cm³/mol. The molecule has 2 aromatic carbocycles. The average Bonchev–Trinajstić information content (AvgIpc) is 2.49. The molecule has 0 unspecified atom stereocenters. The highest BCUT2D eigenvalue weighted by molar-refractivity contribution is 7.99. The molecule has 0 fully saturated rings. The highest BCUT2D eigenvalue weighted by Gasteiger charge is 2.12. The Bertz CT molecular complexity index is 646. The fourth-order valence-electron chi connectivity index (χ4n) is 1.76. The van der Waals surface area contributed by atoms with Crippen molar-refractivity contribution in [3.8, 4) is 0 Å². The van der Waals surface area contributed by atoms with Gasteiger partial charge in [-0.15, -0.1) is 11.8 Å². The monoisotopic (exact) mass is 339 g/mol. The molecule has 5 heteroatoms. The molecule has 0 heterocycles. The zero-order valence-corrected chi connectivity index (χ0v) is 13.9. The minimum absolute atomic E-state index is 0.146. The van der Waals surface area contributed by atoms with Gasteiger partial charge >= 0.3 is 0 Å². The summed E-state index contributed by atoms with van der Waals surface area (Å²) in [5, 5.41) is 3.73. The van der Waals surface area contributed by atoms with Crippen LogP contribution in [0.2, 0.25) is 10.0 Å². The van der Waals surface area contributed by atoms with E-state index in [1.165, 1.54) is 0 Å². The van der Waals surface area contributed by atoms with Gasteiger partial charge in [0.2, 0.25) is 0 Å². The predicted octanol–water partition coefficient (Wildman–Crippen LogP) is 5.75. The van der Waals surface area contributed by atoms with Crippen molar-refractivity contribution >= 4 is 46.6 Å². The first-order chi connectivity index (χ1) is 10.1. The number of anilines is 1. The molecular formula is C16H15Cl2NOS. The number of nitrogens with one attached hydrogen (secondary N) is 1. The molecule has 0 atom stereocenters. The maximum absolute atomic E-state index is 12.4. The van der Waals surface area contributed by atoms with Crippen LogP contribution in [0.4, 0.5) is 5.69 Å². The van der Waals surface area contributed by atoms with Gasteiger partial charge in [-0.1, -0.05) is 42.3 Å². The lowest BCUT2D eigenvalue weighted by Gasteiger charge is -2.10. The van der Waals surface area contributed by atoms with Crippen LogP contribution in [-0.4, -0.2) is 11.7 Å². The second-order valence-electron chi connectivity index (χ2n) is 4.43. The van der Waals surface area contributed by atoms with E-state index in [1.807, 2.05) is 24.3 Å². The number of halogens is 2. The molecule has 110 valence electrons. The van der Waals surface area contributed by atoms with Crippen LogP contribution in [0, 0.1) is 0 Å². The fraction of sp³-hybridized carbons (Fsp3) is 0.188. The standard InChI is InChI=1S/C16H15Cl2NOS/c1-2-9-21-15-6-4-3-5-12(15)16(20)19-11-7-8-13(17)14(18)10-11/h3-8,10H,2,9H2,1H3,(H,19,20). The van der Waals surface area contributed by atoms with Gasteiger partial charge in [0, 0.05) is 10.6 Å². The summed E-state index contributed by atoms with van der Waals surface area (Å²) in [6, 6.07) is 12.6. The van der Waals surface area contributed by atoms with E-state index in [1.54, 1.807) is 30.0 Å². The Kier molecular flexibility index (Phi) is 5.97. The molecule has 1 N–H and O–H groups in total. The molecule has 2 rings (SSSR count). The third-order valence-corrected chi connectivity index (χ3v) is 4.79. The molecule has 0 saturated carbocycles. The van der Waals surface area contributed by atoms with Gasteiger partial charge in [-0.2, -0.15) is 0 Å². The topological polar surface area (TPSA) is 29.1 Å². The Balaban J connectivity index is 2.18. The Labute approximate surface area is 138 Å². The molecular weight excluding hydrogens is 325 g/mol. The lowest BCUT2D eigenvalue weighted by atomic mass is 10.2. The quantitative estimate of drug-likeness (QED) is 0.703. The number of amides is 1. The minimum Gasteiger partial charge on any atom is -0.322 e. The van der Waals surface area contributed by atoms with E-state index in [-0.39, 0.29) is 5.91 Å². The molecule has 2 nitrogen and oxygen atoms in total. The molecule has 0 spiro atoms. The van der Waals surface area contributed by atoms with E-state index in [2.05, 4.69) is 12.2 Å². The fourth-order valence-corrected chi connectivity index (χ4v) is 2.98. The van der Waals surface area contributed by atoms with Crippen molar-refractivity contribution in [1.82, 2.24) is 0 Å². The summed E-state index contributed by atoms with van der Waals surface area (Å²) in [6.07, 6.45) is 1.06. The van der Waals surface area contributed by atoms with Crippen LogP contribution in [-0.2, 0) is 0 Å². The Morgan fingerprint density at radius 3 is 2.62 bits per heavy atom. The Morgan fingerprint density at radius 1 is 1.14 bits per heavy atom. The Hall–Kier alpha value is -1.16. The lowest BCUT2D eigenvalue weighted by molar-refractivity contribution is 0.102. The van der Waals surface area contributed by atoms with Gasteiger partial charge in [0.15, 0.2) is 0 Å². The molecule has 0 aliphatic rings. The lowest BCUT2D eigenvalue weighted by Crippen LogP contribution is -2.13. The first-order valence-electron chi connectivity index (χ1n) is 6.60.